The summed E-state index contributed by atoms with van der Waals surface area (Å²) in [4.78, 5) is 0. The van der Waals surface area contributed by atoms with Crippen LogP contribution in [0.3, 0.4) is 0 Å². The summed E-state index contributed by atoms with van der Waals surface area (Å²) in [6, 6.07) is 6.15. The highest BCUT2D eigenvalue weighted by Gasteiger charge is 2.09. The number of aromatic nitrogens is 4. The van der Waals surface area contributed by atoms with Gasteiger partial charge in [-0.25, -0.2) is 4.68 Å². The zero-order valence-electron chi connectivity index (χ0n) is 13.4. The molecule has 0 saturated heterocycles. The van der Waals surface area contributed by atoms with Gasteiger partial charge in [0.1, 0.15) is 0 Å². The molecule has 0 fully saturated rings. The highest BCUT2D eigenvalue weighted by Crippen LogP contribution is 2.11. The first-order chi connectivity index (χ1) is 10.1. The topological polar surface area (TPSA) is 55.6 Å². The Labute approximate surface area is 126 Å². The molecule has 114 valence electrons. The Morgan fingerprint density at radius 1 is 1.10 bits per heavy atom. The number of nitrogens with zero attached hydrogens (tertiary/aromatic N) is 4. The molecule has 0 atom stereocenters. The molecule has 2 aromatic heterocycles. The molecule has 21 heavy (non-hydrogen) atoms. The summed E-state index contributed by atoms with van der Waals surface area (Å²) in [5.74, 6) is 1.43. The minimum absolute atomic E-state index is 0.640. The summed E-state index contributed by atoms with van der Waals surface area (Å²) in [6.45, 7) is 10.4. The lowest BCUT2D eigenvalue weighted by Gasteiger charge is -2.07. The van der Waals surface area contributed by atoms with E-state index >= 15 is 0 Å². The zero-order chi connectivity index (χ0) is 15.2. The zero-order valence-corrected chi connectivity index (χ0v) is 13.4. The number of rotatable bonds is 7. The Morgan fingerprint density at radius 2 is 1.90 bits per heavy atom. The number of hydrogen-bond donors (Lipinski definition) is 1. The minimum Gasteiger partial charge on any atom is -0.311 e. The molecule has 0 aliphatic rings. The van der Waals surface area contributed by atoms with Crippen LogP contribution in [-0.2, 0) is 19.4 Å². The van der Waals surface area contributed by atoms with E-state index < -0.39 is 0 Å². The number of hydrogen-bond acceptors (Lipinski definition) is 4. The van der Waals surface area contributed by atoms with Crippen LogP contribution in [0.5, 0.6) is 0 Å². The molecule has 0 radical (unpaired) electrons. The van der Waals surface area contributed by atoms with Crippen LogP contribution in [0.15, 0.2) is 18.2 Å². The first-order valence-corrected chi connectivity index (χ1v) is 7.75. The molecule has 0 aliphatic carbocycles. The Bertz CT molecular complexity index is 557. The highest BCUT2D eigenvalue weighted by molar-refractivity contribution is 5.26. The van der Waals surface area contributed by atoms with Crippen molar-refractivity contribution >= 4 is 0 Å². The van der Waals surface area contributed by atoms with Gasteiger partial charge in [0.2, 0.25) is 0 Å². The van der Waals surface area contributed by atoms with E-state index in [9.17, 15) is 0 Å². The molecular weight excluding hydrogens is 262 g/mol. The summed E-state index contributed by atoms with van der Waals surface area (Å²) < 4.78 is 1.90. The number of nitrogens with one attached hydrogen (secondary N) is 1. The van der Waals surface area contributed by atoms with E-state index in [-0.39, 0.29) is 0 Å². The van der Waals surface area contributed by atoms with Crippen molar-refractivity contribution in [1.82, 2.24) is 25.3 Å². The monoisotopic (exact) mass is 287 g/mol. The third-order valence-corrected chi connectivity index (χ3v) is 3.34. The first kappa shape index (κ1) is 15.6. The van der Waals surface area contributed by atoms with Gasteiger partial charge in [-0.05, 0) is 43.5 Å². The molecule has 0 saturated carbocycles. The van der Waals surface area contributed by atoms with Crippen LogP contribution in [0.4, 0.5) is 0 Å². The third-order valence-electron chi connectivity index (χ3n) is 3.34. The lowest BCUT2D eigenvalue weighted by atomic mass is 10.2. The highest BCUT2D eigenvalue weighted by atomic mass is 15.3. The molecule has 0 bridgehead atoms. The average Bonchev–Trinajstić information content (AvgIpc) is 2.91. The van der Waals surface area contributed by atoms with E-state index in [4.69, 9.17) is 0 Å². The van der Waals surface area contributed by atoms with E-state index in [2.05, 4.69) is 54.4 Å². The SMILES string of the molecule is CCc1cc(CC)n(-c2ccc(CNCC(C)C)nn2)n1. The summed E-state index contributed by atoms with van der Waals surface area (Å²) in [5.41, 5.74) is 3.23. The molecule has 1 N–H and O–H groups in total. The Kier molecular flexibility index (Phi) is 5.44. The van der Waals surface area contributed by atoms with E-state index in [0.717, 1.165) is 43.1 Å². The lowest BCUT2D eigenvalue weighted by molar-refractivity contribution is 0.545. The normalized spacial score (nSPS) is 11.3. The van der Waals surface area contributed by atoms with Crippen LogP contribution in [-0.4, -0.2) is 26.5 Å². The standard InChI is InChI=1S/C16H25N5/c1-5-13-9-15(6-2)21(20-13)16-8-7-14(18-19-16)11-17-10-12(3)4/h7-9,12,17H,5-6,10-11H2,1-4H3. The van der Waals surface area contributed by atoms with Gasteiger partial charge < -0.3 is 5.32 Å². The van der Waals surface area contributed by atoms with Crippen molar-refractivity contribution in [2.75, 3.05) is 6.54 Å². The molecule has 0 aromatic carbocycles. The van der Waals surface area contributed by atoms with E-state index in [1.807, 2.05) is 16.8 Å². The fourth-order valence-electron chi connectivity index (χ4n) is 2.15. The van der Waals surface area contributed by atoms with Gasteiger partial charge >= 0.3 is 0 Å². The molecule has 2 rings (SSSR count). The van der Waals surface area contributed by atoms with Crippen LogP contribution in [0.25, 0.3) is 5.82 Å². The number of aryl methyl sites for hydroxylation is 2. The smallest absolute Gasteiger partial charge is 0.175 e. The predicted molar refractivity (Wildman–Crippen MR) is 84.5 cm³/mol. The third kappa shape index (κ3) is 4.11. The van der Waals surface area contributed by atoms with Crippen molar-refractivity contribution in [3.63, 3.8) is 0 Å². The Balaban J connectivity index is 2.09. The van der Waals surface area contributed by atoms with Crippen LogP contribution >= 0.6 is 0 Å². The van der Waals surface area contributed by atoms with Crippen molar-refractivity contribution in [1.29, 1.82) is 0 Å². The average molecular weight is 287 g/mol. The summed E-state index contributed by atoms with van der Waals surface area (Å²) in [6.07, 6.45) is 1.87. The quantitative estimate of drug-likeness (QED) is 0.850. The Hall–Kier alpha value is -1.75. The van der Waals surface area contributed by atoms with Crippen LogP contribution < -0.4 is 5.32 Å². The van der Waals surface area contributed by atoms with Crippen LogP contribution in [0.1, 0.15) is 44.8 Å². The van der Waals surface area contributed by atoms with Gasteiger partial charge in [-0.15, -0.1) is 5.10 Å². The fraction of sp³-hybridized carbons (Fsp3) is 0.562. The molecule has 5 heteroatoms. The van der Waals surface area contributed by atoms with E-state index in [1.54, 1.807) is 0 Å². The van der Waals surface area contributed by atoms with Crippen molar-refractivity contribution in [2.24, 2.45) is 5.92 Å². The van der Waals surface area contributed by atoms with Crippen LogP contribution in [0.2, 0.25) is 0 Å². The molecule has 5 nitrogen and oxygen atoms in total. The van der Waals surface area contributed by atoms with E-state index in [1.165, 1.54) is 5.69 Å². The maximum Gasteiger partial charge on any atom is 0.175 e. The summed E-state index contributed by atoms with van der Waals surface area (Å²) >= 11 is 0. The van der Waals surface area contributed by atoms with Crippen molar-refractivity contribution < 1.29 is 0 Å². The molecule has 0 spiro atoms. The van der Waals surface area contributed by atoms with E-state index in [0.29, 0.717) is 5.92 Å². The van der Waals surface area contributed by atoms with Gasteiger partial charge in [0.05, 0.1) is 11.4 Å². The van der Waals surface area contributed by atoms with Gasteiger partial charge in [0.25, 0.3) is 0 Å². The summed E-state index contributed by atoms with van der Waals surface area (Å²) in [7, 11) is 0. The van der Waals surface area contributed by atoms with Crippen molar-refractivity contribution in [3.8, 4) is 5.82 Å². The molecule has 2 aromatic rings. The molecule has 2 heterocycles. The maximum atomic E-state index is 4.58. The van der Waals surface area contributed by atoms with Gasteiger partial charge in [-0.3, -0.25) is 0 Å². The molecule has 0 unspecified atom stereocenters. The molecular formula is C16H25N5. The van der Waals surface area contributed by atoms with Gasteiger partial charge in [-0.1, -0.05) is 27.7 Å². The second kappa shape index (κ2) is 7.31. The summed E-state index contributed by atoms with van der Waals surface area (Å²) in [5, 5.41) is 16.6. The molecule has 0 amide bonds. The van der Waals surface area contributed by atoms with Crippen LogP contribution in [0, 0.1) is 5.92 Å². The Morgan fingerprint density at radius 3 is 2.48 bits per heavy atom. The van der Waals surface area contributed by atoms with Crippen molar-refractivity contribution in [2.45, 2.75) is 47.1 Å². The largest absolute Gasteiger partial charge is 0.311 e. The minimum atomic E-state index is 0.640. The fourth-order valence-corrected chi connectivity index (χ4v) is 2.15. The van der Waals surface area contributed by atoms with Gasteiger partial charge in [0.15, 0.2) is 5.82 Å². The lowest BCUT2D eigenvalue weighted by Crippen LogP contribution is -2.20. The second-order valence-electron chi connectivity index (χ2n) is 5.65. The second-order valence-corrected chi connectivity index (χ2v) is 5.65. The maximum absolute atomic E-state index is 4.58. The predicted octanol–water partition coefficient (Wildman–Crippen LogP) is 2.53. The van der Waals surface area contributed by atoms with Gasteiger partial charge in [0, 0.05) is 12.2 Å². The first-order valence-electron chi connectivity index (χ1n) is 7.75. The molecule has 0 aliphatic heterocycles. The van der Waals surface area contributed by atoms with Crippen molar-refractivity contribution in [3.05, 3.63) is 35.3 Å². The van der Waals surface area contributed by atoms with Gasteiger partial charge in [-0.2, -0.15) is 10.2 Å².